The maximum absolute atomic E-state index is 4.69. The number of pyridine rings is 1. The van der Waals surface area contributed by atoms with Gasteiger partial charge in [-0.3, -0.25) is 0 Å². The fourth-order valence-corrected chi connectivity index (χ4v) is 3.52. The van der Waals surface area contributed by atoms with Gasteiger partial charge in [0, 0.05) is 44.1 Å². The van der Waals surface area contributed by atoms with Crippen molar-refractivity contribution in [3.63, 3.8) is 0 Å². The Bertz CT molecular complexity index is 649. The number of rotatable bonds is 6. The third kappa shape index (κ3) is 4.15. The molecular weight excluding hydrogens is 298 g/mol. The zero-order valence-corrected chi connectivity index (χ0v) is 15.1. The van der Waals surface area contributed by atoms with Gasteiger partial charge in [0.25, 0.3) is 0 Å². The van der Waals surface area contributed by atoms with Crippen LogP contribution in [0.15, 0.2) is 30.7 Å². The Morgan fingerprint density at radius 1 is 1.25 bits per heavy atom. The second kappa shape index (κ2) is 7.79. The molecule has 0 bridgehead atoms. The first-order valence-corrected chi connectivity index (χ1v) is 8.97. The highest BCUT2D eigenvalue weighted by Gasteiger charge is 2.25. The third-order valence-corrected chi connectivity index (χ3v) is 4.76. The normalized spacial score (nSPS) is 18.3. The lowest BCUT2D eigenvalue weighted by Crippen LogP contribution is -2.36. The number of hydrogen-bond donors (Lipinski definition) is 0. The van der Waals surface area contributed by atoms with Gasteiger partial charge in [-0.2, -0.15) is 0 Å². The Kier molecular flexibility index (Phi) is 5.51. The second-order valence-electron chi connectivity index (χ2n) is 7.11. The number of imidazole rings is 1. The summed E-state index contributed by atoms with van der Waals surface area (Å²) in [6.45, 7) is 6.40. The van der Waals surface area contributed by atoms with E-state index in [2.05, 4.69) is 63.7 Å². The van der Waals surface area contributed by atoms with E-state index in [1.807, 2.05) is 12.4 Å². The van der Waals surface area contributed by atoms with Crippen molar-refractivity contribution in [1.82, 2.24) is 19.4 Å². The van der Waals surface area contributed by atoms with Crippen molar-refractivity contribution in [3.8, 4) is 0 Å². The van der Waals surface area contributed by atoms with Crippen LogP contribution >= 0.6 is 0 Å². The quantitative estimate of drug-likeness (QED) is 0.817. The highest BCUT2D eigenvalue weighted by molar-refractivity contribution is 5.41. The molecular formula is C19H29N5. The molecule has 1 fully saturated rings. The predicted octanol–water partition coefficient (Wildman–Crippen LogP) is 2.92. The van der Waals surface area contributed by atoms with Crippen LogP contribution in [0.4, 0.5) is 5.82 Å². The number of anilines is 1. The molecule has 130 valence electrons. The van der Waals surface area contributed by atoms with Gasteiger partial charge in [0.05, 0.1) is 0 Å². The molecule has 1 atom stereocenters. The SMILES string of the molecule is Cc1ccnc(N2CCC[C@H](c3nccn3CCCN(C)C)C2)c1. The predicted molar refractivity (Wildman–Crippen MR) is 98.6 cm³/mol. The van der Waals surface area contributed by atoms with Crippen LogP contribution in [0.1, 0.15) is 36.6 Å². The molecule has 24 heavy (non-hydrogen) atoms. The first kappa shape index (κ1) is 17.0. The van der Waals surface area contributed by atoms with E-state index in [1.165, 1.54) is 24.2 Å². The van der Waals surface area contributed by atoms with Crippen LogP contribution in [0.3, 0.4) is 0 Å². The van der Waals surface area contributed by atoms with Gasteiger partial charge < -0.3 is 14.4 Å². The number of aromatic nitrogens is 3. The molecule has 3 heterocycles. The summed E-state index contributed by atoms with van der Waals surface area (Å²) in [5.74, 6) is 2.84. The Hall–Kier alpha value is -1.88. The minimum absolute atomic E-state index is 0.496. The Balaban J connectivity index is 1.68. The van der Waals surface area contributed by atoms with Crippen molar-refractivity contribution in [1.29, 1.82) is 0 Å². The van der Waals surface area contributed by atoms with Gasteiger partial charge in [0.15, 0.2) is 0 Å². The fourth-order valence-electron chi connectivity index (χ4n) is 3.52. The summed E-state index contributed by atoms with van der Waals surface area (Å²) in [5.41, 5.74) is 1.27. The summed E-state index contributed by atoms with van der Waals surface area (Å²) in [6, 6.07) is 4.24. The molecule has 0 spiro atoms. The van der Waals surface area contributed by atoms with Crippen LogP contribution in [0.5, 0.6) is 0 Å². The molecule has 5 nitrogen and oxygen atoms in total. The van der Waals surface area contributed by atoms with Crippen LogP contribution in [-0.4, -0.2) is 53.2 Å². The van der Waals surface area contributed by atoms with Gasteiger partial charge in [-0.05, 0) is 64.5 Å². The third-order valence-electron chi connectivity index (χ3n) is 4.76. The van der Waals surface area contributed by atoms with Crippen LogP contribution in [0.25, 0.3) is 0 Å². The smallest absolute Gasteiger partial charge is 0.128 e. The second-order valence-corrected chi connectivity index (χ2v) is 7.11. The standard InChI is InChI=1S/C19H29N5/c1-16-7-8-20-18(14-16)24-11-4-6-17(15-24)19-21-9-13-23(19)12-5-10-22(2)3/h7-9,13-14,17H,4-6,10-12,15H2,1-3H3/t17-/m0/s1. The van der Waals surface area contributed by atoms with Gasteiger partial charge >= 0.3 is 0 Å². The van der Waals surface area contributed by atoms with Crippen molar-refractivity contribution in [2.45, 2.75) is 38.6 Å². The number of nitrogens with zero attached hydrogens (tertiary/aromatic N) is 5. The van der Waals surface area contributed by atoms with E-state index in [4.69, 9.17) is 0 Å². The summed E-state index contributed by atoms with van der Waals surface area (Å²) >= 11 is 0. The lowest BCUT2D eigenvalue weighted by atomic mass is 9.97. The highest BCUT2D eigenvalue weighted by atomic mass is 15.2. The fraction of sp³-hybridized carbons (Fsp3) is 0.579. The molecule has 0 radical (unpaired) electrons. The van der Waals surface area contributed by atoms with Crippen LogP contribution in [0, 0.1) is 6.92 Å². The summed E-state index contributed by atoms with van der Waals surface area (Å²) in [4.78, 5) is 13.9. The Morgan fingerprint density at radius 3 is 2.92 bits per heavy atom. The molecule has 0 aromatic carbocycles. The number of piperidine rings is 1. The largest absolute Gasteiger partial charge is 0.356 e. The molecule has 2 aromatic heterocycles. The van der Waals surface area contributed by atoms with Crippen LogP contribution < -0.4 is 4.90 Å². The van der Waals surface area contributed by atoms with Crippen LogP contribution in [-0.2, 0) is 6.54 Å². The molecule has 1 aliphatic heterocycles. The summed E-state index contributed by atoms with van der Waals surface area (Å²) in [5, 5.41) is 0. The van der Waals surface area contributed by atoms with Crippen molar-refractivity contribution >= 4 is 5.82 Å². The van der Waals surface area contributed by atoms with Crippen molar-refractivity contribution in [2.24, 2.45) is 0 Å². The van der Waals surface area contributed by atoms with Gasteiger partial charge in [-0.15, -0.1) is 0 Å². The monoisotopic (exact) mass is 327 g/mol. The molecule has 5 heteroatoms. The molecule has 2 aromatic rings. The topological polar surface area (TPSA) is 37.2 Å². The molecule has 1 aliphatic rings. The van der Waals surface area contributed by atoms with Gasteiger partial charge in [-0.25, -0.2) is 9.97 Å². The van der Waals surface area contributed by atoms with Crippen molar-refractivity contribution in [2.75, 3.05) is 38.6 Å². The zero-order chi connectivity index (χ0) is 16.9. The lowest BCUT2D eigenvalue weighted by molar-refractivity contribution is 0.380. The van der Waals surface area contributed by atoms with E-state index in [0.717, 1.165) is 38.4 Å². The molecule has 0 aliphatic carbocycles. The Labute approximate surface area is 145 Å². The van der Waals surface area contributed by atoms with Crippen LogP contribution in [0.2, 0.25) is 0 Å². The molecule has 0 saturated carbocycles. The van der Waals surface area contributed by atoms with Crippen molar-refractivity contribution in [3.05, 3.63) is 42.1 Å². The Morgan fingerprint density at radius 2 is 2.12 bits per heavy atom. The molecule has 3 rings (SSSR count). The maximum atomic E-state index is 4.69. The highest BCUT2D eigenvalue weighted by Crippen LogP contribution is 2.28. The summed E-state index contributed by atoms with van der Waals surface area (Å²) in [6.07, 6.45) is 9.57. The van der Waals surface area contributed by atoms with E-state index in [-0.39, 0.29) is 0 Å². The first-order chi connectivity index (χ1) is 11.6. The van der Waals surface area contributed by atoms with Crippen molar-refractivity contribution < 1.29 is 0 Å². The minimum Gasteiger partial charge on any atom is -0.356 e. The average Bonchev–Trinajstić information content (AvgIpc) is 3.03. The van der Waals surface area contributed by atoms with Gasteiger partial charge in [-0.1, -0.05) is 0 Å². The maximum Gasteiger partial charge on any atom is 0.128 e. The molecule has 0 N–H and O–H groups in total. The summed E-state index contributed by atoms with van der Waals surface area (Å²) in [7, 11) is 4.26. The molecule has 0 amide bonds. The van der Waals surface area contributed by atoms with Gasteiger partial charge in [0.2, 0.25) is 0 Å². The minimum atomic E-state index is 0.496. The summed E-state index contributed by atoms with van der Waals surface area (Å²) < 4.78 is 2.35. The average molecular weight is 327 g/mol. The number of aryl methyl sites for hydroxylation is 2. The molecule has 0 unspecified atom stereocenters. The van der Waals surface area contributed by atoms with E-state index < -0.39 is 0 Å². The molecule has 1 saturated heterocycles. The van der Waals surface area contributed by atoms with E-state index in [1.54, 1.807) is 0 Å². The van der Waals surface area contributed by atoms with E-state index >= 15 is 0 Å². The van der Waals surface area contributed by atoms with Gasteiger partial charge in [0.1, 0.15) is 11.6 Å². The first-order valence-electron chi connectivity index (χ1n) is 8.97. The lowest BCUT2D eigenvalue weighted by Gasteiger charge is -2.33. The zero-order valence-electron chi connectivity index (χ0n) is 15.1. The van der Waals surface area contributed by atoms with E-state index in [9.17, 15) is 0 Å². The number of hydrogen-bond acceptors (Lipinski definition) is 4. The van der Waals surface area contributed by atoms with E-state index in [0.29, 0.717) is 5.92 Å².